The highest BCUT2D eigenvalue weighted by atomic mass is 19.1. The van der Waals surface area contributed by atoms with Gasteiger partial charge in [0.15, 0.2) is 6.23 Å². The van der Waals surface area contributed by atoms with Gasteiger partial charge in [0.2, 0.25) is 5.43 Å². The fraction of sp³-hybridized carbons (Fsp3) is 0.450. The van der Waals surface area contributed by atoms with E-state index >= 15 is 0 Å². The normalized spacial score (nSPS) is 12.8. The molecule has 2 atom stereocenters. The molecule has 2 unspecified atom stereocenters. The van der Waals surface area contributed by atoms with Crippen LogP contribution in [0.25, 0.3) is 10.9 Å². The Hall–Kier alpha value is -3.30. The van der Waals surface area contributed by atoms with Gasteiger partial charge in [-0.15, -0.1) is 0 Å². The zero-order valence-corrected chi connectivity index (χ0v) is 17.3. The van der Waals surface area contributed by atoms with E-state index in [2.05, 4.69) is 5.32 Å². The van der Waals surface area contributed by atoms with Gasteiger partial charge in [-0.3, -0.25) is 14.8 Å². The second-order valence-electron chi connectivity index (χ2n) is 6.91. The number of benzene rings is 1. The maximum absolute atomic E-state index is 12.8. The van der Waals surface area contributed by atoms with Gasteiger partial charge in [-0.1, -0.05) is 6.92 Å². The van der Waals surface area contributed by atoms with Crippen LogP contribution in [0.1, 0.15) is 37.0 Å². The Kier molecular flexibility index (Phi) is 7.62. The second kappa shape index (κ2) is 9.95. The van der Waals surface area contributed by atoms with Gasteiger partial charge in [0.05, 0.1) is 12.1 Å². The number of nitrogens with zero attached hydrogens (tertiary/aromatic N) is 2. The first-order valence-electron chi connectivity index (χ1n) is 9.48. The summed E-state index contributed by atoms with van der Waals surface area (Å²) in [5.41, 5.74) is -0.497. The van der Waals surface area contributed by atoms with Crippen LogP contribution in [0, 0.1) is 0 Å². The standard InChI is InChI=1S/C20H26FN3O6/c1-5-17(22-20(28)29-9-8-12(2)21)30-13-6-7-14-16(10-13)24(23(3)4)11-15(18(14)25)19(26)27/h6-7,10-12,17H,5,8-9H2,1-4H3,(H,22,28)(H,26,27). The number of carboxylic acid groups (broad SMARTS) is 1. The summed E-state index contributed by atoms with van der Waals surface area (Å²) in [4.78, 5) is 35.7. The minimum absolute atomic E-state index is 0.0447. The van der Waals surface area contributed by atoms with Crippen molar-refractivity contribution in [3.63, 3.8) is 0 Å². The van der Waals surface area contributed by atoms with Gasteiger partial charge in [0.1, 0.15) is 17.5 Å². The fourth-order valence-electron chi connectivity index (χ4n) is 2.71. The molecule has 30 heavy (non-hydrogen) atoms. The number of alkyl halides is 1. The summed E-state index contributed by atoms with van der Waals surface area (Å²) in [6.45, 7) is 3.13. The van der Waals surface area contributed by atoms with Crippen molar-refractivity contribution in [3.8, 4) is 5.75 Å². The van der Waals surface area contributed by atoms with E-state index in [1.807, 2.05) is 0 Å². The first kappa shape index (κ1) is 23.0. The molecular formula is C20H26FN3O6. The van der Waals surface area contributed by atoms with Crippen LogP contribution in [0.4, 0.5) is 9.18 Å². The number of hydrogen-bond acceptors (Lipinski definition) is 6. The number of rotatable bonds is 9. The maximum atomic E-state index is 12.8. The van der Waals surface area contributed by atoms with Crippen LogP contribution in [-0.4, -0.2) is 54.9 Å². The summed E-state index contributed by atoms with van der Waals surface area (Å²) < 4.78 is 25.0. The van der Waals surface area contributed by atoms with Crippen LogP contribution in [0.5, 0.6) is 5.75 Å². The highest BCUT2D eigenvalue weighted by Gasteiger charge is 2.18. The number of carbonyl (C=O) groups excluding carboxylic acids is 1. The predicted molar refractivity (Wildman–Crippen MR) is 110 cm³/mol. The van der Waals surface area contributed by atoms with Gasteiger partial charge in [-0.2, -0.15) is 0 Å². The van der Waals surface area contributed by atoms with Gasteiger partial charge in [0, 0.05) is 44.6 Å². The first-order valence-corrected chi connectivity index (χ1v) is 9.48. The fourth-order valence-corrected chi connectivity index (χ4v) is 2.71. The highest BCUT2D eigenvalue weighted by molar-refractivity contribution is 5.93. The molecule has 1 aromatic carbocycles. The minimum Gasteiger partial charge on any atom is -0.477 e. The van der Waals surface area contributed by atoms with Gasteiger partial charge in [-0.05, 0) is 19.1 Å². The molecule has 1 aromatic heterocycles. The van der Waals surface area contributed by atoms with E-state index in [-0.39, 0.29) is 24.0 Å². The Bertz CT molecular complexity index is 973. The third-order valence-corrected chi connectivity index (χ3v) is 4.29. The predicted octanol–water partition coefficient (Wildman–Crippen LogP) is 2.49. The number of aromatic carboxylic acids is 1. The van der Waals surface area contributed by atoms with Crippen molar-refractivity contribution in [1.29, 1.82) is 0 Å². The number of amides is 1. The van der Waals surface area contributed by atoms with Crippen LogP contribution in [0.3, 0.4) is 0 Å². The Morgan fingerprint density at radius 3 is 2.60 bits per heavy atom. The first-order chi connectivity index (χ1) is 14.1. The van der Waals surface area contributed by atoms with E-state index in [0.717, 1.165) is 0 Å². The summed E-state index contributed by atoms with van der Waals surface area (Å²) in [5, 5.41) is 13.7. The second-order valence-corrected chi connectivity index (χ2v) is 6.91. The van der Waals surface area contributed by atoms with E-state index in [1.54, 1.807) is 32.1 Å². The number of carbonyl (C=O) groups is 2. The molecule has 2 aromatic rings. The van der Waals surface area contributed by atoms with Gasteiger partial charge in [-0.25, -0.2) is 14.0 Å². The maximum Gasteiger partial charge on any atom is 0.409 e. The Balaban J connectivity index is 2.26. The zero-order chi connectivity index (χ0) is 22.4. The molecule has 1 amide bonds. The molecular weight excluding hydrogens is 397 g/mol. The van der Waals surface area contributed by atoms with Gasteiger partial charge < -0.3 is 19.6 Å². The molecule has 0 spiro atoms. The molecule has 2 N–H and O–H groups in total. The SMILES string of the molecule is CCC(NC(=O)OCCC(C)F)Oc1ccc2c(=O)c(C(=O)O)cn(N(C)C)c2c1. The molecule has 1 heterocycles. The molecule has 2 rings (SSSR count). The molecule has 0 saturated carbocycles. The summed E-state index contributed by atoms with van der Waals surface area (Å²) in [7, 11) is 3.40. The van der Waals surface area contributed by atoms with Crippen molar-refractivity contribution >= 4 is 23.0 Å². The third-order valence-electron chi connectivity index (χ3n) is 4.29. The highest BCUT2D eigenvalue weighted by Crippen LogP contribution is 2.21. The van der Waals surface area contributed by atoms with Crippen LogP contribution in [0.15, 0.2) is 29.2 Å². The van der Waals surface area contributed by atoms with Crippen LogP contribution in [-0.2, 0) is 4.74 Å². The van der Waals surface area contributed by atoms with Crippen molar-refractivity contribution in [2.24, 2.45) is 0 Å². The number of ether oxygens (including phenoxy) is 2. The van der Waals surface area contributed by atoms with Crippen molar-refractivity contribution in [1.82, 2.24) is 9.99 Å². The Labute approximate surface area is 173 Å². The Morgan fingerprint density at radius 1 is 1.33 bits per heavy atom. The molecule has 0 saturated heterocycles. The lowest BCUT2D eigenvalue weighted by Crippen LogP contribution is -2.39. The lowest BCUT2D eigenvalue weighted by molar-refractivity contribution is 0.0694. The van der Waals surface area contributed by atoms with Crippen molar-refractivity contribution < 1.29 is 28.6 Å². The summed E-state index contributed by atoms with van der Waals surface area (Å²) in [5.74, 6) is -0.946. The topological polar surface area (TPSA) is 110 Å². The minimum atomic E-state index is -1.31. The average Bonchev–Trinajstić information content (AvgIpc) is 2.66. The van der Waals surface area contributed by atoms with E-state index in [1.165, 1.54) is 29.9 Å². The molecule has 10 heteroatoms. The number of aromatic nitrogens is 1. The van der Waals surface area contributed by atoms with Crippen LogP contribution < -0.4 is 20.5 Å². The number of nitrogens with one attached hydrogen (secondary N) is 1. The molecule has 0 bridgehead atoms. The van der Waals surface area contributed by atoms with E-state index in [4.69, 9.17) is 9.47 Å². The molecule has 0 aliphatic heterocycles. The lowest BCUT2D eigenvalue weighted by Gasteiger charge is -2.22. The summed E-state index contributed by atoms with van der Waals surface area (Å²) in [6.07, 6.45) is -0.726. The molecule has 9 nitrogen and oxygen atoms in total. The zero-order valence-electron chi connectivity index (χ0n) is 17.3. The number of halogens is 1. The van der Waals surface area contributed by atoms with E-state index in [9.17, 15) is 23.9 Å². The summed E-state index contributed by atoms with van der Waals surface area (Å²) in [6, 6.07) is 4.59. The smallest absolute Gasteiger partial charge is 0.409 e. The quantitative estimate of drug-likeness (QED) is 0.596. The number of fused-ring (bicyclic) bond motifs is 1. The lowest BCUT2D eigenvalue weighted by atomic mass is 10.1. The van der Waals surface area contributed by atoms with Gasteiger partial charge >= 0.3 is 12.1 Å². The van der Waals surface area contributed by atoms with Crippen LogP contribution in [0.2, 0.25) is 0 Å². The largest absolute Gasteiger partial charge is 0.477 e. The van der Waals surface area contributed by atoms with E-state index < -0.39 is 29.9 Å². The monoisotopic (exact) mass is 423 g/mol. The third kappa shape index (κ3) is 5.62. The van der Waals surface area contributed by atoms with Crippen LogP contribution >= 0.6 is 0 Å². The molecule has 164 valence electrons. The Morgan fingerprint density at radius 2 is 2.03 bits per heavy atom. The van der Waals surface area contributed by atoms with Crippen molar-refractivity contribution in [2.45, 2.75) is 39.1 Å². The molecule has 0 aliphatic rings. The van der Waals surface area contributed by atoms with Crippen molar-refractivity contribution in [3.05, 3.63) is 40.2 Å². The number of pyridine rings is 1. The molecule has 0 radical (unpaired) electrons. The van der Waals surface area contributed by atoms with Crippen molar-refractivity contribution in [2.75, 3.05) is 25.7 Å². The number of hydrogen-bond donors (Lipinski definition) is 2. The van der Waals surface area contributed by atoms with E-state index in [0.29, 0.717) is 17.7 Å². The average molecular weight is 423 g/mol. The van der Waals surface area contributed by atoms with Gasteiger partial charge in [0.25, 0.3) is 0 Å². The summed E-state index contributed by atoms with van der Waals surface area (Å²) >= 11 is 0. The molecule has 0 aliphatic carbocycles. The number of alkyl carbamates (subject to hydrolysis) is 1. The number of carboxylic acids is 1. The molecule has 0 fully saturated rings.